The Labute approximate surface area is 99.6 Å². The summed E-state index contributed by atoms with van der Waals surface area (Å²) in [7, 11) is 1.36. The third kappa shape index (κ3) is 2.03. The van der Waals surface area contributed by atoms with Crippen molar-refractivity contribution in [3.8, 4) is 0 Å². The number of carboxylic acids is 1. The molecule has 2 aromatic rings. The molecule has 0 aliphatic heterocycles. The molecule has 0 saturated heterocycles. The topological polar surface area (TPSA) is 55.1 Å². The molecule has 18 heavy (non-hydrogen) atoms. The Morgan fingerprint density at radius 1 is 1.44 bits per heavy atom. The number of aryl methyl sites for hydroxylation is 1. The van der Waals surface area contributed by atoms with Crippen molar-refractivity contribution in [3.63, 3.8) is 0 Å². The van der Waals surface area contributed by atoms with Gasteiger partial charge in [-0.3, -0.25) is 9.48 Å². The molecule has 0 fully saturated rings. The van der Waals surface area contributed by atoms with Crippen molar-refractivity contribution < 1.29 is 23.1 Å². The van der Waals surface area contributed by atoms with Gasteiger partial charge in [0.15, 0.2) is 5.69 Å². The van der Waals surface area contributed by atoms with Crippen LogP contribution < -0.4 is 0 Å². The number of aliphatic carboxylic acids is 1. The quantitative estimate of drug-likeness (QED) is 0.898. The fourth-order valence-corrected chi connectivity index (χ4v) is 1.93. The number of carboxylic acid groups (broad SMARTS) is 1. The van der Waals surface area contributed by atoms with E-state index >= 15 is 0 Å². The molecule has 0 unspecified atom stereocenters. The van der Waals surface area contributed by atoms with Crippen LogP contribution in [0.1, 0.15) is 11.3 Å². The summed E-state index contributed by atoms with van der Waals surface area (Å²) in [6, 6.07) is 4.17. The van der Waals surface area contributed by atoms with Crippen LogP contribution in [0, 0.1) is 0 Å². The monoisotopic (exact) mass is 258 g/mol. The predicted octanol–water partition coefficient (Wildman–Crippen LogP) is 2.22. The SMILES string of the molecule is Cn1nc(C(F)(F)F)c2cccc(CC(=O)O)c21. The lowest BCUT2D eigenvalue weighted by Crippen LogP contribution is -2.06. The van der Waals surface area contributed by atoms with E-state index in [1.54, 1.807) is 0 Å². The number of aromatic nitrogens is 2. The van der Waals surface area contributed by atoms with Gasteiger partial charge in [0.1, 0.15) is 0 Å². The first-order valence-electron chi connectivity index (χ1n) is 5.04. The van der Waals surface area contributed by atoms with Gasteiger partial charge in [0.2, 0.25) is 0 Å². The maximum atomic E-state index is 12.7. The molecular weight excluding hydrogens is 249 g/mol. The molecule has 1 N–H and O–H groups in total. The summed E-state index contributed by atoms with van der Waals surface area (Å²) < 4.78 is 39.3. The second-order valence-corrected chi connectivity index (χ2v) is 3.85. The van der Waals surface area contributed by atoms with E-state index in [9.17, 15) is 18.0 Å². The fraction of sp³-hybridized carbons (Fsp3) is 0.273. The molecule has 0 radical (unpaired) electrons. The Kier molecular flexibility index (Phi) is 2.76. The number of hydrogen-bond acceptors (Lipinski definition) is 2. The zero-order valence-corrected chi connectivity index (χ0v) is 9.32. The van der Waals surface area contributed by atoms with Crippen LogP contribution in [0.3, 0.4) is 0 Å². The molecule has 0 bridgehead atoms. The Morgan fingerprint density at radius 3 is 2.67 bits per heavy atom. The zero-order chi connectivity index (χ0) is 13.5. The number of para-hydroxylation sites is 1. The van der Waals surface area contributed by atoms with E-state index in [1.807, 2.05) is 0 Å². The second-order valence-electron chi connectivity index (χ2n) is 3.85. The molecule has 1 aromatic heterocycles. The van der Waals surface area contributed by atoms with Crippen LogP contribution in [0.25, 0.3) is 10.9 Å². The third-order valence-corrected chi connectivity index (χ3v) is 2.56. The highest BCUT2D eigenvalue weighted by molar-refractivity contribution is 5.88. The van der Waals surface area contributed by atoms with Crippen molar-refractivity contribution in [1.29, 1.82) is 0 Å². The first-order valence-corrected chi connectivity index (χ1v) is 5.04. The van der Waals surface area contributed by atoms with Crippen LogP contribution in [0.2, 0.25) is 0 Å². The number of alkyl halides is 3. The van der Waals surface area contributed by atoms with Crippen LogP contribution in [0.5, 0.6) is 0 Å². The van der Waals surface area contributed by atoms with Gasteiger partial charge in [0.25, 0.3) is 0 Å². The van der Waals surface area contributed by atoms with Crippen molar-refractivity contribution in [2.75, 3.05) is 0 Å². The molecule has 0 amide bonds. The first kappa shape index (κ1) is 12.4. The van der Waals surface area contributed by atoms with Crippen LogP contribution in [0.4, 0.5) is 13.2 Å². The summed E-state index contributed by atoms with van der Waals surface area (Å²) in [5.74, 6) is -1.10. The minimum atomic E-state index is -4.55. The Morgan fingerprint density at radius 2 is 2.11 bits per heavy atom. The van der Waals surface area contributed by atoms with E-state index in [2.05, 4.69) is 5.10 Å². The van der Waals surface area contributed by atoms with E-state index < -0.39 is 17.8 Å². The largest absolute Gasteiger partial charge is 0.481 e. The molecule has 0 spiro atoms. The van der Waals surface area contributed by atoms with Crippen molar-refractivity contribution in [3.05, 3.63) is 29.5 Å². The summed E-state index contributed by atoms with van der Waals surface area (Å²) in [4.78, 5) is 10.7. The number of rotatable bonds is 2. The minimum Gasteiger partial charge on any atom is -0.481 e. The molecule has 0 aliphatic rings. The average Bonchev–Trinajstić information content (AvgIpc) is 2.56. The van der Waals surface area contributed by atoms with Crippen LogP contribution in [-0.4, -0.2) is 20.9 Å². The fourth-order valence-electron chi connectivity index (χ4n) is 1.93. The minimum absolute atomic E-state index is 0.0799. The van der Waals surface area contributed by atoms with Gasteiger partial charge in [-0.05, 0) is 5.56 Å². The van der Waals surface area contributed by atoms with Crippen molar-refractivity contribution in [2.45, 2.75) is 12.6 Å². The maximum absolute atomic E-state index is 12.7. The van der Waals surface area contributed by atoms with Gasteiger partial charge in [0, 0.05) is 12.4 Å². The lowest BCUT2D eigenvalue weighted by molar-refractivity contribution is -0.140. The number of nitrogens with zero attached hydrogens (tertiary/aromatic N) is 2. The van der Waals surface area contributed by atoms with E-state index in [-0.39, 0.29) is 17.3 Å². The molecule has 0 saturated carbocycles. The van der Waals surface area contributed by atoms with E-state index in [4.69, 9.17) is 5.11 Å². The molecule has 4 nitrogen and oxygen atoms in total. The van der Waals surface area contributed by atoms with Crippen molar-refractivity contribution >= 4 is 16.9 Å². The van der Waals surface area contributed by atoms with Crippen LogP contribution in [-0.2, 0) is 24.4 Å². The number of hydrogen-bond donors (Lipinski definition) is 1. The normalized spacial score (nSPS) is 12.0. The van der Waals surface area contributed by atoms with Gasteiger partial charge in [0.05, 0.1) is 11.9 Å². The number of carbonyl (C=O) groups is 1. The van der Waals surface area contributed by atoms with E-state index in [0.29, 0.717) is 5.56 Å². The van der Waals surface area contributed by atoms with Crippen molar-refractivity contribution in [2.24, 2.45) is 7.05 Å². The Balaban J connectivity index is 2.72. The molecule has 96 valence electrons. The van der Waals surface area contributed by atoms with Gasteiger partial charge in [-0.1, -0.05) is 18.2 Å². The summed E-state index contributed by atoms with van der Waals surface area (Å²) in [5.41, 5.74) is -0.482. The third-order valence-electron chi connectivity index (χ3n) is 2.56. The Bertz CT molecular complexity index is 617. The van der Waals surface area contributed by atoms with Crippen LogP contribution >= 0.6 is 0 Å². The molecular formula is C11H9F3N2O2. The summed E-state index contributed by atoms with van der Waals surface area (Å²) in [6.45, 7) is 0. The van der Waals surface area contributed by atoms with Crippen molar-refractivity contribution in [1.82, 2.24) is 9.78 Å². The van der Waals surface area contributed by atoms with Crippen LogP contribution in [0.15, 0.2) is 18.2 Å². The molecule has 0 aliphatic carbocycles. The highest BCUT2D eigenvalue weighted by Crippen LogP contribution is 2.34. The zero-order valence-electron chi connectivity index (χ0n) is 9.32. The number of benzene rings is 1. The molecule has 0 atom stereocenters. The summed E-state index contributed by atoms with van der Waals surface area (Å²) in [6.07, 6.45) is -4.89. The van der Waals surface area contributed by atoms with E-state index in [0.717, 1.165) is 4.68 Å². The highest BCUT2D eigenvalue weighted by Gasteiger charge is 2.36. The highest BCUT2D eigenvalue weighted by atomic mass is 19.4. The number of fused-ring (bicyclic) bond motifs is 1. The molecule has 2 rings (SSSR count). The van der Waals surface area contributed by atoms with Gasteiger partial charge < -0.3 is 5.11 Å². The lowest BCUT2D eigenvalue weighted by Gasteiger charge is -2.03. The van der Waals surface area contributed by atoms with Gasteiger partial charge >= 0.3 is 12.1 Å². The smallest absolute Gasteiger partial charge is 0.435 e. The predicted molar refractivity (Wildman–Crippen MR) is 57.1 cm³/mol. The summed E-state index contributed by atoms with van der Waals surface area (Å²) in [5, 5.41) is 12.1. The number of halogens is 3. The van der Waals surface area contributed by atoms with Gasteiger partial charge in [-0.2, -0.15) is 18.3 Å². The lowest BCUT2D eigenvalue weighted by atomic mass is 10.1. The first-order chi connectivity index (χ1) is 8.30. The van der Waals surface area contributed by atoms with Gasteiger partial charge in [-0.15, -0.1) is 0 Å². The second kappa shape index (κ2) is 4.01. The Hall–Kier alpha value is -2.05. The van der Waals surface area contributed by atoms with E-state index in [1.165, 1.54) is 25.2 Å². The molecule has 7 heteroatoms. The summed E-state index contributed by atoms with van der Waals surface area (Å²) >= 11 is 0. The molecule has 1 aromatic carbocycles. The average molecular weight is 258 g/mol. The standard InChI is InChI=1S/C11H9F3N2O2/c1-16-9-6(5-8(17)18)3-2-4-7(9)10(15-16)11(12,13)14/h2-4H,5H2,1H3,(H,17,18). The molecule has 1 heterocycles. The maximum Gasteiger partial charge on any atom is 0.435 e. The van der Waals surface area contributed by atoms with Gasteiger partial charge in [-0.25, -0.2) is 0 Å².